The van der Waals surface area contributed by atoms with Gasteiger partial charge in [0.2, 0.25) is 0 Å². The number of hydrogen-bond acceptors (Lipinski definition) is 7. The van der Waals surface area contributed by atoms with E-state index >= 15 is 0 Å². The van der Waals surface area contributed by atoms with Crippen LogP contribution in [-0.4, -0.2) is 42.2 Å². The van der Waals surface area contributed by atoms with E-state index in [9.17, 15) is 30.7 Å². The van der Waals surface area contributed by atoms with Crippen molar-refractivity contribution in [1.29, 1.82) is 0 Å². The zero-order valence-corrected chi connectivity index (χ0v) is 15.3. The van der Waals surface area contributed by atoms with Crippen LogP contribution in [-0.2, 0) is 25.0 Å². The maximum Gasteiger partial charge on any atom is 1.00 e. The molecule has 0 aliphatic heterocycles. The van der Waals surface area contributed by atoms with Crippen molar-refractivity contribution in [3.63, 3.8) is 0 Å². The predicted octanol–water partition coefficient (Wildman–Crippen LogP) is -7.48. The summed E-state index contributed by atoms with van der Waals surface area (Å²) in [6, 6.07) is 0. The standard InChI is InChI=1S/C7H8O7S2.2Na/c8-5-7(16(12,13)14)4-2-1-3-6(7)15(9,10)11;;/h1-6H,(H,9,10,11)(H,12,13,14);;/q;2*+1/p-2. The van der Waals surface area contributed by atoms with Gasteiger partial charge in [-0.05, 0) is 0 Å². The van der Waals surface area contributed by atoms with E-state index in [-0.39, 0.29) is 65.4 Å². The largest absolute Gasteiger partial charge is 1.00 e. The van der Waals surface area contributed by atoms with Crippen LogP contribution in [0.4, 0.5) is 0 Å². The van der Waals surface area contributed by atoms with E-state index in [0.29, 0.717) is 12.2 Å². The second-order valence-electron chi connectivity index (χ2n) is 3.08. The van der Waals surface area contributed by atoms with Crippen molar-refractivity contribution in [2.45, 2.75) is 10.00 Å². The van der Waals surface area contributed by atoms with Crippen molar-refractivity contribution in [2.75, 3.05) is 0 Å². The van der Waals surface area contributed by atoms with Gasteiger partial charge in [0.1, 0.15) is 26.5 Å². The maximum absolute atomic E-state index is 10.9. The smallest absolute Gasteiger partial charge is 0.747 e. The summed E-state index contributed by atoms with van der Waals surface area (Å²) in [5.41, 5.74) is 0. The Morgan fingerprint density at radius 1 is 1.06 bits per heavy atom. The van der Waals surface area contributed by atoms with E-state index < -0.39 is 30.2 Å². The van der Waals surface area contributed by atoms with Crippen molar-refractivity contribution in [3.8, 4) is 0 Å². The zero-order chi connectivity index (χ0) is 12.6. The Hall–Kier alpha value is 0.970. The van der Waals surface area contributed by atoms with Crippen LogP contribution in [0.15, 0.2) is 24.3 Å². The molecule has 7 nitrogen and oxygen atoms in total. The molecule has 0 radical (unpaired) electrons. The van der Waals surface area contributed by atoms with Gasteiger partial charge in [-0.25, -0.2) is 16.8 Å². The normalized spacial score (nSPS) is 26.9. The Labute approximate surface area is 149 Å². The Balaban J connectivity index is 0. The molecule has 1 aliphatic rings. The number of hydrogen-bond donors (Lipinski definition) is 0. The first kappa shape index (κ1) is 21.3. The van der Waals surface area contributed by atoms with Gasteiger partial charge in [-0.1, -0.05) is 24.3 Å². The van der Waals surface area contributed by atoms with Crippen molar-refractivity contribution in [3.05, 3.63) is 24.3 Å². The first-order valence-corrected chi connectivity index (χ1v) is 6.75. The fraction of sp³-hybridized carbons (Fsp3) is 0.286. The molecule has 0 spiro atoms. The van der Waals surface area contributed by atoms with E-state index in [4.69, 9.17) is 0 Å². The van der Waals surface area contributed by atoms with Gasteiger partial charge in [-0.2, -0.15) is 0 Å². The van der Waals surface area contributed by atoms with Gasteiger partial charge < -0.3 is 13.9 Å². The number of rotatable bonds is 3. The first-order chi connectivity index (χ1) is 7.15. The first-order valence-electron chi connectivity index (χ1n) is 3.87. The van der Waals surface area contributed by atoms with Crippen LogP contribution in [0.3, 0.4) is 0 Å². The zero-order valence-electron chi connectivity index (χ0n) is 9.64. The minimum absolute atomic E-state index is 0. The second-order valence-corrected chi connectivity index (χ2v) is 6.19. The number of carbonyl (C=O) groups is 1. The molecule has 0 fully saturated rings. The summed E-state index contributed by atoms with van der Waals surface area (Å²) in [6.45, 7) is 0. The topological polar surface area (TPSA) is 131 Å². The molecule has 2 unspecified atom stereocenters. The van der Waals surface area contributed by atoms with Crippen LogP contribution in [0.2, 0.25) is 0 Å². The van der Waals surface area contributed by atoms with Gasteiger partial charge in [0, 0.05) is 0 Å². The molecule has 0 amide bonds. The van der Waals surface area contributed by atoms with Crippen molar-refractivity contribution in [2.24, 2.45) is 0 Å². The SMILES string of the molecule is O=CC1(S(=O)(=O)[O-])C=CC=CC1S(=O)(=O)[O-].[Na+].[Na+]. The minimum Gasteiger partial charge on any atom is -0.747 e. The van der Waals surface area contributed by atoms with Crippen molar-refractivity contribution < 1.29 is 89.9 Å². The van der Waals surface area contributed by atoms with E-state index in [1.807, 2.05) is 0 Å². The Morgan fingerprint density at radius 2 is 1.56 bits per heavy atom. The Kier molecular flexibility index (Phi) is 8.41. The van der Waals surface area contributed by atoms with Gasteiger partial charge in [-0.15, -0.1) is 0 Å². The van der Waals surface area contributed by atoms with Gasteiger partial charge in [-0.3, -0.25) is 0 Å². The number of allylic oxidation sites excluding steroid dienone is 2. The van der Waals surface area contributed by atoms with Crippen molar-refractivity contribution in [1.82, 2.24) is 0 Å². The third kappa shape index (κ3) is 3.98. The molecule has 1 aliphatic carbocycles. The van der Waals surface area contributed by atoms with E-state index in [0.717, 1.165) is 12.2 Å². The Morgan fingerprint density at radius 3 is 1.83 bits per heavy atom. The average molecular weight is 312 g/mol. The summed E-state index contributed by atoms with van der Waals surface area (Å²) in [7, 11) is -10.4. The molecule has 0 saturated heterocycles. The molecule has 18 heavy (non-hydrogen) atoms. The van der Waals surface area contributed by atoms with Crippen LogP contribution >= 0.6 is 0 Å². The molecule has 0 saturated carbocycles. The molecule has 0 aromatic carbocycles. The summed E-state index contributed by atoms with van der Waals surface area (Å²) in [4.78, 5) is 10.7. The quantitative estimate of drug-likeness (QED) is 0.287. The molecule has 1 rings (SSSR count). The Bertz CT molecular complexity index is 563. The molecule has 0 aromatic heterocycles. The predicted molar refractivity (Wildman–Crippen MR) is 50.3 cm³/mol. The molecular formula is C7H6Na2O7S2. The molecule has 2 atom stereocenters. The average Bonchev–Trinajstić information content (AvgIpc) is 2.14. The molecule has 90 valence electrons. The van der Waals surface area contributed by atoms with Crippen LogP contribution in [0, 0.1) is 0 Å². The van der Waals surface area contributed by atoms with Gasteiger partial charge in [0.15, 0.2) is 4.75 Å². The van der Waals surface area contributed by atoms with Crippen LogP contribution in [0.5, 0.6) is 0 Å². The van der Waals surface area contributed by atoms with Gasteiger partial charge >= 0.3 is 59.1 Å². The monoisotopic (exact) mass is 312 g/mol. The third-order valence-corrected chi connectivity index (χ3v) is 4.80. The van der Waals surface area contributed by atoms with Crippen molar-refractivity contribution >= 4 is 26.5 Å². The summed E-state index contributed by atoms with van der Waals surface area (Å²) in [5, 5.41) is -2.23. The molecule has 0 heterocycles. The summed E-state index contributed by atoms with van der Waals surface area (Å²) in [5.74, 6) is 0. The fourth-order valence-electron chi connectivity index (χ4n) is 1.33. The molecular weight excluding hydrogens is 306 g/mol. The minimum atomic E-state index is -5.31. The fourth-order valence-corrected chi connectivity index (χ4v) is 3.63. The van der Waals surface area contributed by atoms with Crippen LogP contribution in [0.25, 0.3) is 0 Å². The van der Waals surface area contributed by atoms with Gasteiger partial charge in [0.05, 0.1) is 5.25 Å². The molecule has 11 heteroatoms. The van der Waals surface area contributed by atoms with Gasteiger partial charge in [0.25, 0.3) is 0 Å². The second kappa shape index (κ2) is 7.11. The van der Waals surface area contributed by atoms with E-state index in [1.165, 1.54) is 0 Å². The van der Waals surface area contributed by atoms with E-state index in [1.54, 1.807) is 0 Å². The molecule has 0 bridgehead atoms. The maximum atomic E-state index is 10.9. The van der Waals surface area contributed by atoms with Crippen LogP contribution < -0.4 is 59.1 Å². The van der Waals surface area contributed by atoms with E-state index in [2.05, 4.69) is 0 Å². The molecule has 0 aromatic rings. The third-order valence-electron chi connectivity index (χ3n) is 2.13. The number of carbonyl (C=O) groups excluding carboxylic acids is 1. The molecule has 0 N–H and O–H groups in total. The number of aldehydes is 1. The summed E-state index contributed by atoms with van der Waals surface area (Å²) < 4.78 is 62.3. The summed E-state index contributed by atoms with van der Waals surface area (Å²) >= 11 is 0. The van der Waals surface area contributed by atoms with Crippen LogP contribution in [0.1, 0.15) is 0 Å². The summed E-state index contributed by atoms with van der Waals surface area (Å²) in [6.07, 6.45) is 3.06.